The molecule has 0 heterocycles. The highest BCUT2D eigenvalue weighted by Gasteiger charge is 2.50. The molecule has 0 atom stereocenters. The van der Waals surface area contributed by atoms with Crippen LogP contribution in [-0.2, 0) is 6.54 Å². The highest BCUT2D eigenvalue weighted by Crippen LogP contribution is 2.60. The Labute approximate surface area is 150 Å². The summed E-state index contributed by atoms with van der Waals surface area (Å²) >= 11 is 0. The average molecular weight is 344 g/mol. The maximum absolute atomic E-state index is 14.4. The van der Waals surface area contributed by atoms with Crippen molar-refractivity contribution in [1.82, 2.24) is 10.2 Å². The molecule has 4 saturated carbocycles. The van der Waals surface area contributed by atoms with Crippen molar-refractivity contribution >= 4 is 5.91 Å². The van der Waals surface area contributed by atoms with E-state index in [-0.39, 0.29) is 11.7 Å². The van der Waals surface area contributed by atoms with E-state index in [1.807, 2.05) is 0 Å². The minimum atomic E-state index is -0.279. The first-order valence-corrected chi connectivity index (χ1v) is 9.65. The predicted octanol–water partition coefficient (Wildman–Crippen LogP) is 3.83. The van der Waals surface area contributed by atoms with Gasteiger partial charge in [0.25, 0.3) is 5.91 Å². The molecule has 136 valence electrons. The lowest BCUT2D eigenvalue weighted by atomic mass is 9.49. The van der Waals surface area contributed by atoms with E-state index in [1.165, 1.54) is 44.6 Å². The van der Waals surface area contributed by atoms with Gasteiger partial charge in [-0.15, -0.1) is 0 Å². The number of amides is 1. The van der Waals surface area contributed by atoms with Crippen LogP contribution in [-0.4, -0.2) is 31.4 Å². The van der Waals surface area contributed by atoms with Crippen molar-refractivity contribution in [2.24, 2.45) is 23.2 Å². The van der Waals surface area contributed by atoms with Gasteiger partial charge < -0.3 is 10.2 Å². The molecule has 0 unspecified atom stereocenters. The number of benzene rings is 1. The first-order valence-electron chi connectivity index (χ1n) is 9.65. The van der Waals surface area contributed by atoms with Crippen molar-refractivity contribution in [3.8, 4) is 0 Å². The number of carbonyl (C=O) groups excluding carboxylic acids is 1. The van der Waals surface area contributed by atoms with Crippen molar-refractivity contribution in [1.29, 1.82) is 0 Å². The van der Waals surface area contributed by atoms with E-state index in [0.717, 1.165) is 24.3 Å². The maximum atomic E-state index is 14.4. The largest absolute Gasteiger partial charge is 0.355 e. The number of nitrogens with zero attached hydrogens (tertiary/aromatic N) is 1. The Morgan fingerprint density at radius 2 is 1.80 bits per heavy atom. The van der Waals surface area contributed by atoms with Gasteiger partial charge in [-0.25, -0.2) is 4.39 Å². The average Bonchev–Trinajstić information content (AvgIpc) is 2.54. The first kappa shape index (κ1) is 17.0. The molecule has 3 nitrogen and oxygen atoms in total. The molecule has 1 aromatic carbocycles. The second kappa shape index (κ2) is 6.39. The van der Waals surface area contributed by atoms with Gasteiger partial charge in [0.1, 0.15) is 5.82 Å². The van der Waals surface area contributed by atoms with E-state index < -0.39 is 0 Å². The second-order valence-electron chi connectivity index (χ2n) is 8.98. The molecule has 4 aliphatic carbocycles. The van der Waals surface area contributed by atoms with E-state index in [2.05, 4.69) is 17.3 Å². The molecule has 1 amide bonds. The third-order valence-electron chi connectivity index (χ3n) is 6.75. The Kier molecular flexibility index (Phi) is 4.35. The third kappa shape index (κ3) is 3.33. The standard InChI is InChI=1S/C21H29FN2O/c1-23-20(25)17-3-4-18(19(22)8-17)12-24(2)13-21-9-14-5-15(10-21)7-16(6-14)11-21/h3-4,8,14-16H,5-7,9-13H2,1-2H3,(H,23,25). The Morgan fingerprint density at radius 3 is 2.32 bits per heavy atom. The predicted molar refractivity (Wildman–Crippen MR) is 96.7 cm³/mol. The molecule has 0 spiro atoms. The topological polar surface area (TPSA) is 32.3 Å². The van der Waals surface area contributed by atoms with Crippen molar-refractivity contribution < 1.29 is 9.18 Å². The van der Waals surface area contributed by atoms with Crippen LogP contribution in [0.15, 0.2) is 18.2 Å². The van der Waals surface area contributed by atoms with Crippen molar-refractivity contribution in [2.75, 3.05) is 20.6 Å². The minimum absolute atomic E-state index is 0.243. The normalized spacial score (nSPS) is 33.0. The number of carbonyl (C=O) groups is 1. The van der Waals surface area contributed by atoms with Gasteiger partial charge in [0.15, 0.2) is 0 Å². The zero-order valence-electron chi connectivity index (χ0n) is 15.4. The van der Waals surface area contributed by atoms with E-state index in [4.69, 9.17) is 0 Å². The van der Waals surface area contributed by atoms with Gasteiger partial charge in [0.2, 0.25) is 0 Å². The van der Waals surface area contributed by atoms with Crippen LogP contribution in [0.3, 0.4) is 0 Å². The number of hydrogen-bond donors (Lipinski definition) is 1. The fraction of sp³-hybridized carbons (Fsp3) is 0.667. The van der Waals surface area contributed by atoms with Crippen LogP contribution in [0, 0.1) is 29.0 Å². The van der Waals surface area contributed by atoms with Gasteiger partial charge in [0.05, 0.1) is 0 Å². The molecule has 5 rings (SSSR count). The molecule has 1 aromatic rings. The molecular formula is C21H29FN2O. The molecule has 4 heteroatoms. The summed E-state index contributed by atoms with van der Waals surface area (Å²) in [6.45, 7) is 1.69. The number of nitrogens with one attached hydrogen (secondary N) is 1. The first-order chi connectivity index (χ1) is 12.0. The van der Waals surface area contributed by atoms with Crippen LogP contribution in [0.25, 0.3) is 0 Å². The van der Waals surface area contributed by atoms with E-state index in [9.17, 15) is 9.18 Å². The molecule has 4 fully saturated rings. The fourth-order valence-corrected chi connectivity index (χ4v) is 6.36. The zero-order valence-corrected chi connectivity index (χ0v) is 15.4. The Morgan fingerprint density at radius 1 is 1.20 bits per heavy atom. The van der Waals surface area contributed by atoms with Crippen molar-refractivity contribution in [2.45, 2.75) is 45.1 Å². The number of halogens is 1. The maximum Gasteiger partial charge on any atom is 0.251 e. The van der Waals surface area contributed by atoms with E-state index >= 15 is 0 Å². The molecule has 0 aromatic heterocycles. The SMILES string of the molecule is CNC(=O)c1ccc(CN(C)CC23CC4CC(CC(C4)C2)C3)c(F)c1. The smallest absolute Gasteiger partial charge is 0.251 e. The van der Waals surface area contributed by atoms with E-state index in [0.29, 0.717) is 23.1 Å². The molecule has 1 N–H and O–H groups in total. The summed E-state index contributed by atoms with van der Waals surface area (Å²) in [5.41, 5.74) is 1.54. The summed E-state index contributed by atoms with van der Waals surface area (Å²) in [7, 11) is 3.68. The Hall–Kier alpha value is -1.42. The van der Waals surface area contributed by atoms with Crippen LogP contribution < -0.4 is 5.32 Å². The zero-order chi connectivity index (χ0) is 17.6. The van der Waals surface area contributed by atoms with Crippen molar-refractivity contribution in [3.63, 3.8) is 0 Å². The molecule has 4 bridgehead atoms. The summed E-state index contributed by atoms with van der Waals surface area (Å²) < 4.78 is 14.4. The van der Waals surface area contributed by atoms with Crippen LogP contribution >= 0.6 is 0 Å². The van der Waals surface area contributed by atoms with Crippen LogP contribution in [0.4, 0.5) is 4.39 Å². The third-order valence-corrected chi connectivity index (χ3v) is 6.75. The summed E-state index contributed by atoms with van der Waals surface area (Å²) in [5, 5.41) is 2.54. The van der Waals surface area contributed by atoms with Crippen molar-refractivity contribution in [3.05, 3.63) is 35.1 Å². The molecular weight excluding hydrogens is 315 g/mol. The van der Waals surface area contributed by atoms with Gasteiger partial charge in [0, 0.05) is 31.3 Å². The second-order valence-corrected chi connectivity index (χ2v) is 8.98. The summed E-state index contributed by atoms with van der Waals surface area (Å²) in [5.74, 6) is 2.32. The Balaban J connectivity index is 1.42. The lowest BCUT2D eigenvalue weighted by Crippen LogP contribution is -2.50. The van der Waals surface area contributed by atoms with Crippen LogP contribution in [0.1, 0.15) is 54.4 Å². The summed E-state index contributed by atoms with van der Waals surface area (Å²) in [4.78, 5) is 13.9. The van der Waals surface area contributed by atoms with Gasteiger partial charge in [-0.05, 0) is 80.9 Å². The van der Waals surface area contributed by atoms with E-state index in [1.54, 1.807) is 19.2 Å². The summed E-state index contributed by atoms with van der Waals surface area (Å²) in [6.07, 6.45) is 8.50. The lowest BCUT2D eigenvalue weighted by molar-refractivity contribution is -0.0671. The number of rotatable bonds is 5. The highest BCUT2D eigenvalue weighted by molar-refractivity contribution is 5.93. The van der Waals surface area contributed by atoms with Crippen LogP contribution in [0.2, 0.25) is 0 Å². The van der Waals surface area contributed by atoms with Gasteiger partial charge >= 0.3 is 0 Å². The molecule has 0 aliphatic heterocycles. The Bertz CT molecular complexity index is 637. The monoisotopic (exact) mass is 344 g/mol. The highest BCUT2D eigenvalue weighted by atomic mass is 19.1. The van der Waals surface area contributed by atoms with Gasteiger partial charge in [-0.2, -0.15) is 0 Å². The van der Waals surface area contributed by atoms with Gasteiger partial charge in [-0.1, -0.05) is 6.07 Å². The lowest BCUT2D eigenvalue weighted by Gasteiger charge is -2.57. The summed E-state index contributed by atoms with van der Waals surface area (Å²) in [6, 6.07) is 4.83. The fourth-order valence-electron chi connectivity index (χ4n) is 6.36. The molecule has 4 aliphatic rings. The van der Waals surface area contributed by atoms with Crippen LogP contribution in [0.5, 0.6) is 0 Å². The quantitative estimate of drug-likeness (QED) is 0.880. The number of hydrogen-bond acceptors (Lipinski definition) is 2. The molecule has 0 saturated heterocycles. The molecule has 0 radical (unpaired) electrons. The van der Waals surface area contributed by atoms with Gasteiger partial charge in [-0.3, -0.25) is 4.79 Å². The molecule has 25 heavy (non-hydrogen) atoms. The minimum Gasteiger partial charge on any atom is -0.355 e.